The van der Waals surface area contributed by atoms with E-state index in [1.165, 1.54) is 22.3 Å². The predicted molar refractivity (Wildman–Crippen MR) is 118 cm³/mol. The molecular formula is C24H22Cl2N2O. The number of nitrogens with zero attached hydrogens (tertiary/aromatic N) is 1. The van der Waals surface area contributed by atoms with Crippen molar-refractivity contribution in [2.24, 2.45) is 5.73 Å². The Hall–Kier alpha value is -2.33. The molecule has 1 amide bonds. The zero-order valence-electron chi connectivity index (χ0n) is 15.9. The van der Waals surface area contributed by atoms with Crippen LogP contribution in [0.25, 0.3) is 0 Å². The van der Waals surface area contributed by atoms with Crippen molar-refractivity contribution in [1.29, 1.82) is 0 Å². The van der Waals surface area contributed by atoms with Crippen molar-refractivity contribution in [3.05, 3.63) is 105 Å². The summed E-state index contributed by atoms with van der Waals surface area (Å²) in [6.45, 7) is 1.20. The van der Waals surface area contributed by atoms with Crippen molar-refractivity contribution in [3.8, 4) is 0 Å². The van der Waals surface area contributed by atoms with Gasteiger partial charge in [-0.3, -0.25) is 4.79 Å². The van der Waals surface area contributed by atoms with Crippen molar-refractivity contribution in [3.63, 3.8) is 0 Å². The summed E-state index contributed by atoms with van der Waals surface area (Å²) in [4.78, 5) is 14.7. The van der Waals surface area contributed by atoms with Crippen molar-refractivity contribution < 1.29 is 4.79 Å². The van der Waals surface area contributed by atoms with Crippen LogP contribution in [0.15, 0.2) is 66.7 Å². The van der Waals surface area contributed by atoms with Crippen LogP contribution in [0.1, 0.15) is 27.8 Å². The lowest BCUT2D eigenvalue weighted by Crippen LogP contribution is -2.42. The molecule has 3 aromatic carbocycles. The SMILES string of the molecule is N[C@H](Cc1ccc(Cl)cc1Cl)C(=O)N1Cc2ccc(Cc3ccccc3)cc2C1. The lowest BCUT2D eigenvalue weighted by atomic mass is 10.0. The zero-order valence-corrected chi connectivity index (χ0v) is 17.5. The van der Waals surface area contributed by atoms with E-state index in [1.54, 1.807) is 12.1 Å². The second-order valence-corrected chi connectivity index (χ2v) is 8.35. The Morgan fingerprint density at radius 2 is 1.69 bits per heavy atom. The van der Waals surface area contributed by atoms with Gasteiger partial charge in [0, 0.05) is 23.1 Å². The summed E-state index contributed by atoms with van der Waals surface area (Å²) in [6, 6.07) is 21.5. The molecule has 3 nitrogen and oxygen atoms in total. The number of rotatable bonds is 5. The van der Waals surface area contributed by atoms with E-state index in [0.29, 0.717) is 29.6 Å². The van der Waals surface area contributed by atoms with Crippen LogP contribution in [-0.2, 0) is 30.7 Å². The summed E-state index contributed by atoms with van der Waals surface area (Å²) in [5.74, 6) is -0.0585. The molecule has 0 saturated heterocycles. The van der Waals surface area contributed by atoms with Crippen LogP contribution in [0.3, 0.4) is 0 Å². The molecule has 0 aromatic heterocycles. The maximum Gasteiger partial charge on any atom is 0.240 e. The summed E-state index contributed by atoms with van der Waals surface area (Å²) >= 11 is 12.2. The number of fused-ring (bicyclic) bond motifs is 1. The molecule has 0 unspecified atom stereocenters. The van der Waals surface area contributed by atoms with E-state index in [4.69, 9.17) is 28.9 Å². The highest BCUT2D eigenvalue weighted by atomic mass is 35.5. The molecule has 4 rings (SSSR count). The van der Waals surface area contributed by atoms with Gasteiger partial charge in [0.1, 0.15) is 0 Å². The molecule has 0 bridgehead atoms. The van der Waals surface area contributed by atoms with Crippen molar-refractivity contribution in [2.75, 3.05) is 0 Å². The Kier molecular flexibility index (Phi) is 5.91. The van der Waals surface area contributed by atoms with Crippen molar-refractivity contribution in [2.45, 2.75) is 32.0 Å². The summed E-state index contributed by atoms with van der Waals surface area (Å²) in [7, 11) is 0. The van der Waals surface area contributed by atoms with Crippen LogP contribution in [0, 0.1) is 0 Å². The quantitative estimate of drug-likeness (QED) is 0.626. The summed E-state index contributed by atoms with van der Waals surface area (Å²) in [5.41, 5.74) is 12.0. The van der Waals surface area contributed by atoms with Gasteiger partial charge in [0.15, 0.2) is 0 Å². The largest absolute Gasteiger partial charge is 0.333 e. The molecule has 0 aliphatic carbocycles. The van der Waals surface area contributed by atoms with Gasteiger partial charge in [0.05, 0.1) is 6.04 Å². The molecule has 29 heavy (non-hydrogen) atoms. The number of halogens is 2. The Bertz CT molecular complexity index is 1040. The fourth-order valence-electron chi connectivity index (χ4n) is 3.79. The van der Waals surface area contributed by atoms with E-state index in [0.717, 1.165) is 12.0 Å². The van der Waals surface area contributed by atoms with Crippen LogP contribution in [0.2, 0.25) is 10.0 Å². The Morgan fingerprint density at radius 3 is 2.45 bits per heavy atom. The first-order valence-electron chi connectivity index (χ1n) is 9.62. The highest BCUT2D eigenvalue weighted by Crippen LogP contribution is 2.27. The Labute approximate surface area is 181 Å². The van der Waals surface area contributed by atoms with Crippen LogP contribution in [0.5, 0.6) is 0 Å². The number of carbonyl (C=O) groups excluding carboxylic acids is 1. The van der Waals surface area contributed by atoms with Crippen LogP contribution in [-0.4, -0.2) is 16.8 Å². The lowest BCUT2D eigenvalue weighted by molar-refractivity contribution is -0.133. The molecule has 2 N–H and O–H groups in total. The number of hydrogen-bond donors (Lipinski definition) is 1. The third kappa shape index (κ3) is 4.64. The van der Waals surface area contributed by atoms with Gasteiger partial charge in [0.25, 0.3) is 0 Å². The van der Waals surface area contributed by atoms with E-state index in [2.05, 4.69) is 42.5 Å². The van der Waals surface area contributed by atoms with E-state index < -0.39 is 6.04 Å². The smallest absolute Gasteiger partial charge is 0.240 e. The van der Waals surface area contributed by atoms with Gasteiger partial charge in [-0.2, -0.15) is 0 Å². The Morgan fingerprint density at radius 1 is 0.931 bits per heavy atom. The molecule has 0 radical (unpaired) electrons. The molecule has 1 heterocycles. The lowest BCUT2D eigenvalue weighted by Gasteiger charge is -2.20. The monoisotopic (exact) mass is 424 g/mol. The molecule has 0 fully saturated rings. The van der Waals surface area contributed by atoms with Gasteiger partial charge in [-0.1, -0.05) is 77.8 Å². The maximum absolute atomic E-state index is 12.9. The topological polar surface area (TPSA) is 46.3 Å². The van der Waals surface area contributed by atoms with Crippen LogP contribution in [0.4, 0.5) is 0 Å². The third-order valence-corrected chi connectivity index (χ3v) is 5.91. The van der Waals surface area contributed by atoms with Gasteiger partial charge in [-0.15, -0.1) is 0 Å². The summed E-state index contributed by atoms with van der Waals surface area (Å²) in [6.07, 6.45) is 1.28. The first-order valence-corrected chi connectivity index (χ1v) is 10.4. The summed E-state index contributed by atoms with van der Waals surface area (Å²) in [5, 5.41) is 1.11. The number of amides is 1. The fourth-order valence-corrected chi connectivity index (χ4v) is 4.28. The first kappa shape index (κ1) is 20.0. The second kappa shape index (κ2) is 8.58. The van der Waals surface area contributed by atoms with Gasteiger partial charge >= 0.3 is 0 Å². The van der Waals surface area contributed by atoms with E-state index in [1.807, 2.05) is 17.0 Å². The van der Waals surface area contributed by atoms with Crippen LogP contribution >= 0.6 is 23.2 Å². The van der Waals surface area contributed by atoms with E-state index in [9.17, 15) is 4.79 Å². The number of benzene rings is 3. The molecular weight excluding hydrogens is 403 g/mol. The van der Waals surface area contributed by atoms with Crippen molar-refractivity contribution >= 4 is 29.1 Å². The molecule has 0 spiro atoms. The van der Waals surface area contributed by atoms with Crippen molar-refractivity contribution in [1.82, 2.24) is 4.90 Å². The maximum atomic E-state index is 12.9. The number of carbonyl (C=O) groups is 1. The molecule has 148 valence electrons. The van der Waals surface area contributed by atoms with Gasteiger partial charge < -0.3 is 10.6 Å². The molecule has 0 saturated carbocycles. The molecule has 1 atom stereocenters. The molecule has 3 aromatic rings. The second-order valence-electron chi connectivity index (χ2n) is 7.51. The minimum Gasteiger partial charge on any atom is -0.333 e. The highest BCUT2D eigenvalue weighted by molar-refractivity contribution is 6.35. The average molecular weight is 425 g/mol. The van der Waals surface area contributed by atoms with Gasteiger partial charge in [0.2, 0.25) is 5.91 Å². The van der Waals surface area contributed by atoms with Gasteiger partial charge in [-0.05, 0) is 52.8 Å². The molecule has 1 aliphatic rings. The predicted octanol–water partition coefficient (Wildman–Crippen LogP) is 5.00. The fraction of sp³-hybridized carbons (Fsp3) is 0.208. The number of nitrogens with two attached hydrogens (primary N) is 1. The average Bonchev–Trinajstić information content (AvgIpc) is 3.13. The van der Waals surface area contributed by atoms with E-state index in [-0.39, 0.29) is 5.91 Å². The zero-order chi connectivity index (χ0) is 20.4. The molecule has 5 heteroatoms. The minimum atomic E-state index is -0.633. The molecule has 1 aliphatic heterocycles. The van der Waals surface area contributed by atoms with Crippen LogP contribution < -0.4 is 5.73 Å². The first-order chi connectivity index (χ1) is 14.0. The summed E-state index contributed by atoms with van der Waals surface area (Å²) < 4.78 is 0. The third-order valence-electron chi connectivity index (χ3n) is 5.33. The standard InChI is InChI=1S/C24H22Cl2N2O/c25-21-9-8-18(22(26)13-21)12-23(27)24(29)28-14-19-7-6-17(11-20(19)15-28)10-16-4-2-1-3-5-16/h1-9,11,13,23H,10,12,14-15,27H2/t23-/m1/s1. The normalized spacial score (nSPS) is 14.0. The number of hydrogen-bond acceptors (Lipinski definition) is 2. The van der Waals surface area contributed by atoms with E-state index >= 15 is 0 Å². The van der Waals surface area contributed by atoms with Gasteiger partial charge in [-0.25, -0.2) is 0 Å². The minimum absolute atomic E-state index is 0.0585. The highest BCUT2D eigenvalue weighted by Gasteiger charge is 2.27. The Balaban J connectivity index is 1.42.